The molecular formula is C12H15NO7. The molecule has 110 valence electrons. The molecule has 1 aliphatic heterocycles. The molecule has 0 aromatic heterocycles. The largest absolute Gasteiger partial charge is 0.451 e. The van der Waals surface area contributed by atoms with Crippen molar-refractivity contribution >= 4 is 29.5 Å². The summed E-state index contributed by atoms with van der Waals surface area (Å²) in [6.45, 7) is 2.58. The Hall–Kier alpha value is -2.25. The molecule has 0 unspecified atom stereocenters. The molecule has 2 amide bonds. The van der Waals surface area contributed by atoms with E-state index >= 15 is 0 Å². The number of imide groups is 1. The summed E-state index contributed by atoms with van der Waals surface area (Å²) in [4.78, 5) is 60.6. The zero-order valence-electron chi connectivity index (χ0n) is 11.2. The maximum atomic E-state index is 11.6. The standard InChI is InChI=1S/C12H15NO7/c1-7(14)3-6-11(17)19-8(2)12(18)20-13-9(15)4-5-10(13)16/h8H,3-6H2,1-2H3/t8-/m0/s1. The Labute approximate surface area is 114 Å². The van der Waals surface area contributed by atoms with E-state index in [4.69, 9.17) is 4.74 Å². The highest BCUT2D eigenvalue weighted by molar-refractivity contribution is 6.01. The van der Waals surface area contributed by atoms with Crippen LogP contribution in [0.25, 0.3) is 0 Å². The summed E-state index contributed by atoms with van der Waals surface area (Å²) in [6.07, 6.45) is -1.42. The lowest BCUT2D eigenvalue weighted by Gasteiger charge is -2.16. The van der Waals surface area contributed by atoms with Crippen molar-refractivity contribution < 1.29 is 33.5 Å². The Balaban J connectivity index is 2.43. The summed E-state index contributed by atoms with van der Waals surface area (Å²) in [6, 6.07) is 0. The molecule has 1 atom stereocenters. The van der Waals surface area contributed by atoms with Gasteiger partial charge in [0.05, 0.1) is 6.42 Å². The van der Waals surface area contributed by atoms with E-state index in [2.05, 4.69) is 4.84 Å². The molecule has 8 nitrogen and oxygen atoms in total. The Morgan fingerprint density at radius 3 is 2.20 bits per heavy atom. The normalized spacial score (nSPS) is 16.0. The Bertz CT molecular complexity index is 441. The predicted octanol–water partition coefficient (Wildman–Crippen LogP) is -0.106. The lowest BCUT2D eigenvalue weighted by Crippen LogP contribution is -2.37. The van der Waals surface area contributed by atoms with Crippen LogP contribution in [-0.4, -0.2) is 40.7 Å². The fourth-order valence-electron chi connectivity index (χ4n) is 1.40. The maximum Gasteiger partial charge on any atom is 0.373 e. The highest BCUT2D eigenvalue weighted by Crippen LogP contribution is 2.13. The molecule has 0 aromatic carbocycles. The lowest BCUT2D eigenvalue weighted by atomic mass is 10.2. The molecule has 0 spiro atoms. The van der Waals surface area contributed by atoms with Gasteiger partial charge in [-0.25, -0.2) is 4.79 Å². The van der Waals surface area contributed by atoms with Crippen molar-refractivity contribution in [3.63, 3.8) is 0 Å². The monoisotopic (exact) mass is 285 g/mol. The average molecular weight is 285 g/mol. The second-order valence-corrected chi connectivity index (χ2v) is 4.33. The van der Waals surface area contributed by atoms with Gasteiger partial charge in [0.25, 0.3) is 11.8 Å². The molecule has 1 fully saturated rings. The fraction of sp³-hybridized carbons (Fsp3) is 0.583. The van der Waals surface area contributed by atoms with Gasteiger partial charge in [-0.05, 0) is 13.8 Å². The van der Waals surface area contributed by atoms with E-state index < -0.39 is 29.9 Å². The van der Waals surface area contributed by atoms with Crippen LogP contribution in [0.1, 0.15) is 39.5 Å². The topological polar surface area (TPSA) is 107 Å². The minimum Gasteiger partial charge on any atom is -0.451 e. The van der Waals surface area contributed by atoms with Crippen molar-refractivity contribution in [1.29, 1.82) is 0 Å². The molecule has 1 heterocycles. The van der Waals surface area contributed by atoms with Crippen LogP contribution in [0.4, 0.5) is 0 Å². The van der Waals surface area contributed by atoms with Crippen LogP contribution in [0.3, 0.4) is 0 Å². The quantitative estimate of drug-likeness (QED) is 0.495. The number of carbonyl (C=O) groups is 5. The van der Waals surface area contributed by atoms with Gasteiger partial charge in [0, 0.05) is 19.3 Å². The Morgan fingerprint density at radius 1 is 1.15 bits per heavy atom. The Kier molecular flexibility index (Phi) is 5.36. The third-order valence-electron chi connectivity index (χ3n) is 2.51. The van der Waals surface area contributed by atoms with Crippen molar-refractivity contribution in [3.8, 4) is 0 Å². The third-order valence-corrected chi connectivity index (χ3v) is 2.51. The van der Waals surface area contributed by atoms with E-state index in [1.807, 2.05) is 0 Å². The SMILES string of the molecule is CC(=O)CCC(=O)O[C@@H](C)C(=O)ON1C(=O)CCC1=O. The highest BCUT2D eigenvalue weighted by Gasteiger charge is 2.34. The summed E-state index contributed by atoms with van der Waals surface area (Å²) in [5.74, 6) is -3.16. The average Bonchev–Trinajstić information content (AvgIpc) is 2.68. The van der Waals surface area contributed by atoms with Crippen LogP contribution in [0.15, 0.2) is 0 Å². The first-order chi connectivity index (χ1) is 9.31. The molecule has 0 N–H and O–H groups in total. The number of Topliss-reactive ketones (excluding diaryl/α,β-unsaturated/α-hetero) is 1. The molecule has 1 aliphatic rings. The van der Waals surface area contributed by atoms with Crippen LogP contribution in [-0.2, 0) is 33.5 Å². The lowest BCUT2D eigenvalue weighted by molar-refractivity contribution is -0.205. The number of esters is 1. The number of hydrogen-bond donors (Lipinski definition) is 0. The van der Waals surface area contributed by atoms with Gasteiger partial charge in [-0.2, -0.15) is 0 Å². The van der Waals surface area contributed by atoms with E-state index in [1.54, 1.807) is 0 Å². The second kappa shape index (κ2) is 6.78. The van der Waals surface area contributed by atoms with Crippen LogP contribution in [0.2, 0.25) is 0 Å². The van der Waals surface area contributed by atoms with Crippen molar-refractivity contribution in [3.05, 3.63) is 0 Å². The summed E-state index contributed by atoms with van der Waals surface area (Å²) in [7, 11) is 0. The van der Waals surface area contributed by atoms with Crippen LogP contribution >= 0.6 is 0 Å². The van der Waals surface area contributed by atoms with Crippen molar-refractivity contribution in [1.82, 2.24) is 5.06 Å². The number of ether oxygens (including phenoxy) is 1. The highest BCUT2D eigenvalue weighted by atomic mass is 16.7. The first-order valence-corrected chi connectivity index (χ1v) is 6.07. The number of rotatable bonds is 6. The van der Waals surface area contributed by atoms with E-state index in [-0.39, 0.29) is 31.5 Å². The van der Waals surface area contributed by atoms with E-state index in [0.717, 1.165) is 0 Å². The van der Waals surface area contributed by atoms with Crippen LogP contribution in [0, 0.1) is 0 Å². The molecular weight excluding hydrogens is 270 g/mol. The van der Waals surface area contributed by atoms with E-state index in [0.29, 0.717) is 5.06 Å². The number of amides is 2. The molecule has 1 rings (SSSR count). The van der Waals surface area contributed by atoms with Crippen molar-refractivity contribution in [2.45, 2.75) is 45.6 Å². The van der Waals surface area contributed by atoms with E-state index in [1.165, 1.54) is 13.8 Å². The molecule has 0 bridgehead atoms. The maximum absolute atomic E-state index is 11.6. The van der Waals surface area contributed by atoms with Gasteiger partial charge in [-0.3, -0.25) is 14.4 Å². The molecule has 0 saturated carbocycles. The predicted molar refractivity (Wildman–Crippen MR) is 62.6 cm³/mol. The number of hydroxylamine groups is 2. The molecule has 20 heavy (non-hydrogen) atoms. The number of hydrogen-bond acceptors (Lipinski definition) is 7. The summed E-state index contributed by atoms with van der Waals surface area (Å²) >= 11 is 0. The van der Waals surface area contributed by atoms with Crippen LogP contribution < -0.4 is 0 Å². The zero-order chi connectivity index (χ0) is 15.3. The fourth-order valence-corrected chi connectivity index (χ4v) is 1.40. The molecule has 8 heteroatoms. The first kappa shape index (κ1) is 15.8. The van der Waals surface area contributed by atoms with Gasteiger partial charge in [0.15, 0.2) is 6.10 Å². The van der Waals surface area contributed by atoms with Crippen LogP contribution in [0.5, 0.6) is 0 Å². The smallest absolute Gasteiger partial charge is 0.373 e. The molecule has 0 radical (unpaired) electrons. The number of nitrogens with zero attached hydrogens (tertiary/aromatic N) is 1. The van der Waals surface area contributed by atoms with Gasteiger partial charge in [0.1, 0.15) is 5.78 Å². The first-order valence-electron chi connectivity index (χ1n) is 6.07. The summed E-state index contributed by atoms with van der Waals surface area (Å²) in [5.41, 5.74) is 0. The molecule has 0 aliphatic carbocycles. The number of ketones is 1. The van der Waals surface area contributed by atoms with Gasteiger partial charge in [-0.1, -0.05) is 0 Å². The zero-order valence-corrected chi connectivity index (χ0v) is 11.2. The van der Waals surface area contributed by atoms with E-state index in [9.17, 15) is 24.0 Å². The summed E-state index contributed by atoms with van der Waals surface area (Å²) in [5, 5.41) is 0.377. The number of carbonyl (C=O) groups excluding carboxylic acids is 5. The van der Waals surface area contributed by atoms with Crippen molar-refractivity contribution in [2.75, 3.05) is 0 Å². The second-order valence-electron chi connectivity index (χ2n) is 4.33. The minimum atomic E-state index is -1.27. The minimum absolute atomic E-state index is 0.0150. The van der Waals surface area contributed by atoms with Gasteiger partial charge in [0.2, 0.25) is 0 Å². The van der Waals surface area contributed by atoms with Gasteiger partial charge < -0.3 is 14.4 Å². The Morgan fingerprint density at radius 2 is 1.70 bits per heavy atom. The van der Waals surface area contributed by atoms with Gasteiger partial charge >= 0.3 is 11.9 Å². The molecule has 0 aromatic rings. The summed E-state index contributed by atoms with van der Waals surface area (Å²) < 4.78 is 4.73. The van der Waals surface area contributed by atoms with Crippen molar-refractivity contribution in [2.24, 2.45) is 0 Å². The molecule has 1 saturated heterocycles. The van der Waals surface area contributed by atoms with Gasteiger partial charge in [-0.15, -0.1) is 5.06 Å². The third kappa shape index (κ3) is 4.45.